The molecule has 7 nitrogen and oxygen atoms in total. The van der Waals surface area contributed by atoms with Crippen LogP contribution in [0.4, 0.5) is 5.69 Å². The first-order valence-corrected chi connectivity index (χ1v) is 5.71. The largest absolute Gasteiger partial charge is 0.482 e. The maximum Gasteiger partial charge on any atom is 0.273 e. The second-order valence-corrected chi connectivity index (χ2v) is 4.23. The second kappa shape index (κ2) is 5.13. The van der Waals surface area contributed by atoms with Gasteiger partial charge in [-0.15, -0.1) is 10.2 Å². The lowest BCUT2D eigenvalue weighted by Gasteiger charge is -2.05. The fourth-order valence-electron chi connectivity index (χ4n) is 1.25. The van der Waals surface area contributed by atoms with Crippen molar-refractivity contribution >= 4 is 21.6 Å². The van der Waals surface area contributed by atoms with Crippen LogP contribution in [0.1, 0.15) is 11.8 Å². The van der Waals surface area contributed by atoms with Gasteiger partial charge in [0.15, 0.2) is 6.61 Å². The van der Waals surface area contributed by atoms with Gasteiger partial charge in [0, 0.05) is 13.0 Å². The Morgan fingerprint density at radius 3 is 2.89 bits per heavy atom. The van der Waals surface area contributed by atoms with Crippen LogP contribution in [-0.4, -0.2) is 15.1 Å². The van der Waals surface area contributed by atoms with Crippen LogP contribution in [0, 0.1) is 17.0 Å². The van der Waals surface area contributed by atoms with Gasteiger partial charge < -0.3 is 9.15 Å². The van der Waals surface area contributed by atoms with Crippen molar-refractivity contribution in [3.05, 3.63) is 44.6 Å². The summed E-state index contributed by atoms with van der Waals surface area (Å²) in [6.07, 6.45) is 0. The molecule has 1 heterocycles. The van der Waals surface area contributed by atoms with Gasteiger partial charge in [-0.05, 0) is 22.0 Å². The van der Waals surface area contributed by atoms with Crippen LogP contribution in [0.2, 0.25) is 0 Å². The van der Waals surface area contributed by atoms with Crippen molar-refractivity contribution < 1.29 is 14.1 Å². The summed E-state index contributed by atoms with van der Waals surface area (Å²) in [6, 6.07) is 4.26. The number of nitrogens with zero attached hydrogens (tertiary/aromatic N) is 3. The Kier molecular flexibility index (Phi) is 3.56. The first-order valence-electron chi connectivity index (χ1n) is 4.92. The zero-order valence-electron chi connectivity index (χ0n) is 9.29. The Hall–Kier alpha value is -1.96. The number of ether oxygens (including phenoxy) is 1. The molecule has 0 aliphatic carbocycles. The summed E-state index contributed by atoms with van der Waals surface area (Å²) in [4.78, 5) is 10.1. The first-order chi connectivity index (χ1) is 8.56. The molecule has 0 aliphatic heterocycles. The molecule has 8 heteroatoms. The van der Waals surface area contributed by atoms with E-state index in [1.54, 1.807) is 13.0 Å². The summed E-state index contributed by atoms with van der Waals surface area (Å²) in [5.74, 6) is 1.10. The van der Waals surface area contributed by atoms with E-state index in [4.69, 9.17) is 9.15 Å². The molecule has 0 spiro atoms. The first kappa shape index (κ1) is 12.5. The van der Waals surface area contributed by atoms with Gasteiger partial charge in [-0.3, -0.25) is 10.1 Å². The highest BCUT2D eigenvalue weighted by Gasteiger charge is 2.11. The molecule has 0 aliphatic rings. The van der Waals surface area contributed by atoms with Crippen LogP contribution in [0.3, 0.4) is 0 Å². The van der Waals surface area contributed by atoms with Crippen LogP contribution in [0.15, 0.2) is 27.1 Å². The smallest absolute Gasteiger partial charge is 0.273 e. The lowest BCUT2D eigenvalue weighted by molar-refractivity contribution is -0.385. The molecule has 0 fully saturated rings. The molecule has 0 atom stereocenters. The Morgan fingerprint density at radius 2 is 2.28 bits per heavy atom. The van der Waals surface area contributed by atoms with Crippen LogP contribution < -0.4 is 4.74 Å². The van der Waals surface area contributed by atoms with Crippen molar-refractivity contribution in [1.29, 1.82) is 0 Å². The van der Waals surface area contributed by atoms with Gasteiger partial charge in [0.25, 0.3) is 11.6 Å². The van der Waals surface area contributed by atoms with Crippen LogP contribution in [0.5, 0.6) is 5.75 Å². The van der Waals surface area contributed by atoms with Gasteiger partial charge in [-0.2, -0.15) is 0 Å². The van der Waals surface area contributed by atoms with Crippen molar-refractivity contribution in [2.75, 3.05) is 0 Å². The van der Waals surface area contributed by atoms with Gasteiger partial charge in [-0.25, -0.2) is 0 Å². The number of aromatic nitrogens is 2. The minimum absolute atomic E-state index is 0.0464. The molecule has 94 valence electrons. The molecule has 0 N–H and O–H groups in total. The van der Waals surface area contributed by atoms with Crippen molar-refractivity contribution in [2.45, 2.75) is 13.5 Å². The third-order valence-corrected chi connectivity index (χ3v) is 2.70. The molecule has 1 aromatic heterocycles. The molecule has 0 radical (unpaired) electrons. The summed E-state index contributed by atoms with van der Waals surface area (Å²) >= 11 is 3.24. The molecule has 2 rings (SSSR count). The molecular formula is C10H8BrN3O4. The zero-order valence-corrected chi connectivity index (χ0v) is 10.9. The predicted octanol–water partition coefficient (Wildman–Crippen LogP) is 2.63. The van der Waals surface area contributed by atoms with Crippen molar-refractivity contribution in [3.8, 4) is 5.75 Å². The maximum atomic E-state index is 10.6. The van der Waals surface area contributed by atoms with Gasteiger partial charge in [0.2, 0.25) is 5.89 Å². The van der Waals surface area contributed by atoms with Crippen molar-refractivity contribution in [1.82, 2.24) is 10.2 Å². The Balaban J connectivity index is 2.13. The number of non-ortho nitro benzene ring substituents is 1. The Morgan fingerprint density at radius 1 is 1.50 bits per heavy atom. The molecule has 0 unspecified atom stereocenters. The number of hydrogen-bond donors (Lipinski definition) is 0. The summed E-state index contributed by atoms with van der Waals surface area (Å²) in [7, 11) is 0. The monoisotopic (exact) mass is 313 g/mol. The van der Waals surface area contributed by atoms with E-state index < -0.39 is 4.92 Å². The number of hydrogen-bond acceptors (Lipinski definition) is 6. The number of benzene rings is 1. The maximum absolute atomic E-state index is 10.6. The summed E-state index contributed by atoms with van der Waals surface area (Å²) < 4.78 is 11.1. The fraction of sp³-hybridized carbons (Fsp3) is 0.200. The summed E-state index contributed by atoms with van der Waals surface area (Å²) in [5.41, 5.74) is -0.0464. The SMILES string of the molecule is Cc1nnc(COc2cc([N+](=O)[O-])ccc2Br)o1. The minimum atomic E-state index is -0.490. The highest BCUT2D eigenvalue weighted by molar-refractivity contribution is 9.10. The van der Waals surface area contributed by atoms with E-state index in [0.717, 1.165) is 0 Å². The number of rotatable bonds is 4. The number of nitro groups is 1. The van der Waals surface area contributed by atoms with E-state index in [2.05, 4.69) is 26.1 Å². The molecule has 2 aromatic rings. The zero-order chi connectivity index (χ0) is 13.1. The topological polar surface area (TPSA) is 91.3 Å². The average Bonchev–Trinajstić information content (AvgIpc) is 2.74. The second-order valence-electron chi connectivity index (χ2n) is 3.38. The van der Waals surface area contributed by atoms with E-state index in [1.807, 2.05) is 0 Å². The highest BCUT2D eigenvalue weighted by atomic mass is 79.9. The van der Waals surface area contributed by atoms with Gasteiger partial charge in [0.1, 0.15) is 5.75 Å². The van der Waals surface area contributed by atoms with E-state index >= 15 is 0 Å². The van der Waals surface area contributed by atoms with Crippen molar-refractivity contribution in [2.24, 2.45) is 0 Å². The van der Waals surface area contributed by atoms with Crippen LogP contribution >= 0.6 is 15.9 Å². The van der Waals surface area contributed by atoms with Gasteiger partial charge in [0.05, 0.1) is 15.5 Å². The molecule has 0 bridgehead atoms. The van der Waals surface area contributed by atoms with Crippen LogP contribution in [-0.2, 0) is 6.61 Å². The summed E-state index contributed by atoms with van der Waals surface area (Å²) in [5, 5.41) is 18.0. The van der Waals surface area contributed by atoms with E-state index in [0.29, 0.717) is 22.0 Å². The van der Waals surface area contributed by atoms with E-state index in [9.17, 15) is 10.1 Å². The summed E-state index contributed by atoms with van der Waals surface area (Å²) in [6.45, 7) is 1.72. The highest BCUT2D eigenvalue weighted by Crippen LogP contribution is 2.29. The van der Waals surface area contributed by atoms with Crippen molar-refractivity contribution in [3.63, 3.8) is 0 Å². The number of aryl methyl sites for hydroxylation is 1. The lowest BCUT2D eigenvalue weighted by atomic mass is 10.3. The van der Waals surface area contributed by atoms with Gasteiger partial charge >= 0.3 is 0 Å². The Bertz CT molecular complexity index is 584. The standard InChI is InChI=1S/C10H8BrN3O4/c1-6-12-13-10(18-6)5-17-9-4-7(14(15)16)2-3-8(9)11/h2-4H,5H2,1H3. The quantitative estimate of drug-likeness (QED) is 0.636. The number of nitro benzene ring substituents is 1. The molecular weight excluding hydrogens is 306 g/mol. The average molecular weight is 314 g/mol. The van der Waals surface area contributed by atoms with E-state index in [1.165, 1.54) is 12.1 Å². The molecule has 0 saturated carbocycles. The molecule has 18 heavy (non-hydrogen) atoms. The third-order valence-electron chi connectivity index (χ3n) is 2.04. The predicted molar refractivity (Wildman–Crippen MR) is 64.2 cm³/mol. The minimum Gasteiger partial charge on any atom is -0.482 e. The van der Waals surface area contributed by atoms with Crippen LogP contribution in [0.25, 0.3) is 0 Å². The lowest BCUT2D eigenvalue weighted by Crippen LogP contribution is -1.97. The fourth-order valence-corrected chi connectivity index (χ4v) is 1.61. The normalized spacial score (nSPS) is 10.3. The third kappa shape index (κ3) is 2.83. The molecule has 0 saturated heterocycles. The van der Waals surface area contributed by atoms with E-state index in [-0.39, 0.29) is 12.3 Å². The molecule has 1 aromatic carbocycles. The van der Waals surface area contributed by atoms with Gasteiger partial charge in [-0.1, -0.05) is 0 Å². The Labute approximate surface area is 110 Å². The molecule has 0 amide bonds. The number of halogens is 1.